The van der Waals surface area contributed by atoms with Gasteiger partial charge in [-0.3, -0.25) is 4.72 Å². The maximum absolute atomic E-state index is 13.4. The van der Waals surface area contributed by atoms with Crippen LogP contribution < -0.4 is 10.0 Å². The molecule has 0 aliphatic carbocycles. The van der Waals surface area contributed by atoms with Gasteiger partial charge in [-0.05, 0) is 12.1 Å². The lowest BCUT2D eigenvalue weighted by Crippen LogP contribution is -2.31. The van der Waals surface area contributed by atoms with Crippen molar-refractivity contribution in [3.63, 3.8) is 0 Å². The molecule has 0 atom stereocenters. The highest BCUT2D eigenvalue weighted by Gasteiger charge is 2.15. The zero-order chi connectivity index (χ0) is 13.8. The van der Waals surface area contributed by atoms with Crippen molar-refractivity contribution in [3.05, 3.63) is 29.0 Å². The summed E-state index contributed by atoms with van der Waals surface area (Å²) >= 11 is 5.74. The first-order valence-corrected chi connectivity index (χ1v) is 7.53. The summed E-state index contributed by atoms with van der Waals surface area (Å²) in [6.07, 6.45) is 0. The van der Waals surface area contributed by atoms with Crippen LogP contribution in [0.4, 0.5) is 10.1 Å². The van der Waals surface area contributed by atoms with E-state index in [4.69, 9.17) is 11.6 Å². The number of benzene rings is 1. The highest BCUT2D eigenvalue weighted by atomic mass is 35.5. The van der Waals surface area contributed by atoms with E-state index >= 15 is 0 Å². The lowest BCUT2D eigenvalue weighted by Gasteiger charge is -2.12. The molecule has 2 N–H and O–H groups in total. The molecule has 0 amide bonds. The summed E-state index contributed by atoms with van der Waals surface area (Å²) in [5.74, 6) is -0.835. The van der Waals surface area contributed by atoms with Gasteiger partial charge in [0.05, 0.1) is 10.8 Å². The molecular formula is C11H16ClFN2O2S. The summed E-state index contributed by atoms with van der Waals surface area (Å²) in [5.41, 5.74) is -0.205. The highest BCUT2D eigenvalue weighted by Crippen LogP contribution is 2.25. The van der Waals surface area contributed by atoms with E-state index in [1.165, 1.54) is 12.1 Å². The average molecular weight is 295 g/mol. The van der Waals surface area contributed by atoms with Gasteiger partial charge >= 0.3 is 0 Å². The Bertz CT molecular complexity index is 486. The van der Waals surface area contributed by atoms with Crippen LogP contribution in [-0.2, 0) is 10.0 Å². The second-order valence-electron chi connectivity index (χ2n) is 4.13. The third-order valence-corrected chi connectivity index (χ3v) is 3.72. The molecule has 18 heavy (non-hydrogen) atoms. The van der Waals surface area contributed by atoms with E-state index in [0.29, 0.717) is 6.54 Å². The Hall–Kier alpha value is -0.850. The number of nitrogens with one attached hydrogen (secondary N) is 2. The fraction of sp³-hybridized carbons (Fsp3) is 0.455. The number of para-hydroxylation sites is 1. The van der Waals surface area contributed by atoms with Crippen molar-refractivity contribution in [2.75, 3.05) is 17.0 Å². The first kappa shape index (κ1) is 15.2. The van der Waals surface area contributed by atoms with Crippen LogP contribution in [0.2, 0.25) is 5.02 Å². The van der Waals surface area contributed by atoms with Gasteiger partial charge in [0.25, 0.3) is 0 Å². The van der Waals surface area contributed by atoms with Gasteiger partial charge in [-0.15, -0.1) is 0 Å². The van der Waals surface area contributed by atoms with E-state index in [0.717, 1.165) is 6.07 Å². The topological polar surface area (TPSA) is 58.2 Å². The molecule has 0 unspecified atom stereocenters. The number of halogens is 2. The fourth-order valence-electron chi connectivity index (χ4n) is 1.28. The van der Waals surface area contributed by atoms with Gasteiger partial charge in [0.15, 0.2) is 0 Å². The number of hydrogen-bond acceptors (Lipinski definition) is 3. The minimum atomic E-state index is -3.61. The van der Waals surface area contributed by atoms with Crippen LogP contribution in [0.5, 0.6) is 0 Å². The number of anilines is 1. The molecular weight excluding hydrogens is 279 g/mol. The summed E-state index contributed by atoms with van der Waals surface area (Å²) in [6.45, 7) is 4.11. The van der Waals surface area contributed by atoms with Crippen LogP contribution >= 0.6 is 11.6 Å². The predicted octanol–water partition coefficient (Wildman–Crippen LogP) is 2.22. The quantitative estimate of drug-likeness (QED) is 0.846. The van der Waals surface area contributed by atoms with Crippen LogP contribution in [0.25, 0.3) is 0 Å². The Morgan fingerprint density at radius 1 is 1.39 bits per heavy atom. The molecule has 0 saturated heterocycles. The molecule has 0 aliphatic rings. The van der Waals surface area contributed by atoms with E-state index in [1.807, 2.05) is 13.8 Å². The molecule has 1 rings (SSSR count). The summed E-state index contributed by atoms with van der Waals surface area (Å²) in [7, 11) is -3.61. The van der Waals surface area contributed by atoms with Gasteiger partial charge in [-0.2, -0.15) is 0 Å². The third kappa shape index (κ3) is 4.80. The Labute approximate surface area is 112 Å². The van der Waals surface area contributed by atoms with Crippen LogP contribution in [0.3, 0.4) is 0 Å². The van der Waals surface area contributed by atoms with E-state index in [9.17, 15) is 12.8 Å². The summed E-state index contributed by atoms with van der Waals surface area (Å²) in [5, 5.41) is 3.01. The molecule has 0 bridgehead atoms. The van der Waals surface area contributed by atoms with Crippen LogP contribution in [-0.4, -0.2) is 26.8 Å². The minimum Gasteiger partial charge on any atom is -0.313 e. The zero-order valence-corrected chi connectivity index (χ0v) is 11.8. The zero-order valence-electron chi connectivity index (χ0n) is 10.2. The van der Waals surface area contributed by atoms with Gasteiger partial charge in [0.2, 0.25) is 10.0 Å². The van der Waals surface area contributed by atoms with Gasteiger partial charge < -0.3 is 5.32 Å². The molecule has 0 radical (unpaired) electrons. The van der Waals surface area contributed by atoms with Crippen molar-refractivity contribution in [2.45, 2.75) is 19.9 Å². The maximum atomic E-state index is 13.4. The molecule has 0 spiro atoms. The smallest absolute Gasteiger partial charge is 0.234 e. The maximum Gasteiger partial charge on any atom is 0.234 e. The van der Waals surface area contributed by atoms with Crippen molar-refractivity contribution >= 4 is 27.3 Å². The molecule has 102 valence electrons. The second kappa shape index (κ2) is 6.36. The number of sulfonamides is 1. The van der Waals surface area contributed by atoms with Crippen molar-refractivity contribution in [3.8, 4) is 0 Å². The molecule has 1 aromatic rings. The Morgan fingerprint density at radius 2 is 2.06 bits per heavy atom. The second-order valence-corrected chi connectivity index (χ2v) is 6.38. The molecule has 0 heterocycles. The number of rotatable bonds is 6. The van der Waals surface area contributed by atoms with Gasteiger partial charge in [0.1, 0.15) is 11.5 Å². The Balaban J connectivity index is 2.71. The summed E-state index contributed by atoms with van der Waals surface area (Å²) < 4.78 is 39.0. The standard InChI is InChI=1S/C11H16ClFN2O2S/c1-8(2)14-6-7-18(16,17)15-11-9(12)4-3-5-10(11)13/h3-5,8,14-15H,6-7H2,1-2H3. The molecule has 4 nitrogen and oxygen atoms in total. The minimum absolute atomic E-state index is 0.0374. The first-order valence-electron chi connectivity index (χ1n) is 5.50. The highest BCUT2D eigenvalue weighted by molar-refractivity contribution is 7.92. The first-order chi connectivity index (χ1) is 8.32. The molecule has 0 saturated carbocycles. The number of hydrogen-bond donors (Lipinski definition) is 2. The van der Waals surface area contributed by atoms with Crippen LogP contribution in [0.15, 0.2) is 18.2 Å². The third-order valence-electron chi connectivity index (χ3n) is 2.14. The van der Waals surface area contributed by atoms with Gasteiger partial charge in [-0.25, -0.2) is 12.8 Å². The van der Waals surface area contributed by atoms with Crippen LogP contribution in [0.1, 0.15) is 13.8 Å². The van der Waals surface area contributed by atoms with E-state index in [2.05, 4.69) is 10.0 Å². The van der Waals surface area contributed by atoms with Crippen LogP contribution in [0, 0.1) is 5.82 Å². The Kier molecular flexibility index (Phi) is 5.37. The SMILES string of the molecule is CC(C)NCCS(=O)(=O)Nc1c(F)cccc1Cl. The van der Waals surface area contributed by atoms with E-state index < -0.39 is 15.8 Å². The van der Waals surface area contributed by atoms with Gasteiger partial charge in [0, 0.05) is 12.6 Å². The predicted molar refractivity (Wildman–Crippen MR) is 72.0 cm³/mol. The van der Waals surface area contributed by atoms with E-state index in [1.54, 1.807) is 0 Å². The van der Waals surface area contributed by atoms with Crippen molar-refractivity contribution in [2.24, 2.45) is 0 Å². The van der Waals surface area contributed by atoms with Crippen molar-refractivity contribution < 1.29 is 12.8 Å². The molecule has 7 heteroatoms. The Morgan fingerprint density at radius 3 is 2.61 bits per heavy atom. The van der Waals surface area contributed by atoms with E-state index in [-0.39, 0.29) is 22.5 Å². The van der Waals surface area contributed by atoms with Crippen molar-refractivity contribution in [1.29, 1.82) is 0 Å². The molecule has 0 aliphatic heterocycles. The lowest BCUT2D eigenvalue weighted by molar-refractivity contribution is 0.580. The monoisotopic (exact) mass is 294 g/mol. The molecule has 0 aromatic heterocycles. The van der Waals surface area contributed by atoms with Gasteiger partial charge in [-0.1, -0.05) is 31.5 Å². The molecule has 1 aromatic carbocycles. The largest absolute Gasteiger partial charge is 0.313 e. The summed E-state index contributed by atoms with van der Waals surface area (Å²) in [6, 6.07) is 4.18. The summed E-state index contributed by atoms with van der Waals surface area (Å²) in [4.78, 5) is 0. The molecule has 0 fully saturated rings. The fourth-order valence-corrected chi connectivity index (χ4v) is 2.56. The lowest BCUT2D eigenvalue weighted by atomic mass is 10.3. The normalized spacial score (nSPS) is 11.8. The average Bonchev–Trinajstić information content (AvgIpc) is 2.23. The van der Waals surface area contributed by atoms with Crippen molar-refractivity contribution in [1.82, 2.24) is 5.32 Å².